The van der Waals surface area contributed by atoms with Crippen molar-refractivity contribution in [1.82, 2.24) is 19.4 Å². The van der Waals surface area contributed by atoms with Crippen LogP contribution in [0.25, 0.3) is 11.4 Å². The number of carbonyl (C=O) groups is 3. The summed E-state index contributed by atoms with van der Waals surface area (Å²) < 4.78 is 5.64. The van der Waals surface area contributed by atoms with E-state index in [-0.39, 0.29) is 16.7 Å². The van der Waals surface area contributed by atoms with Crippen molar-refractivity contribution >= 4 is 46.3 Å². The third-order valence-corrected chi connectivity index (χ3v) is 11.4. The van der Waals surface area contributed by atoms with Gasteiger partial charge in [-0.1, -0.05) is 65.2 Å². The summed E-state index contributed by atoms with van der Waals surface area (Å²) in [6, 6.07) is 20.2. The van der Waals surface area contributed by atoms with E-state index in [9.17, 15) is 14.4 Å². The zero-order chi connectivity index (χ0) is 37.9. The number of esters is 2. The number of carbonyl (C=O) groups excluding carboxylic acids is 3. The van der Waals surface area contributed by atoms with Gasteiger partial charge in [0.05, 0.1) is 29.6 Å². The van der Waals surface area contributed by atoms with Crippen molar-refractivity contribution in [2.24, 2.45) is 10.1 Å². The quantitative estimate of drug-likeness (QED) is 0.0380. The van der Waals surface area contributed by atoms with Crippen molar-refractivity contribution < 1.29 is 19.1 Å². The molecule has 11 nitrogen and oxygen atoms in total. The number of rotatable bonds is 17. The Morgan fingerprint density at radius 1 is 0.852 bits per heavy atom. The maximum atomic E-state index is 12.9. The highest BCUT2D eigenvalue weighted by atomic mass is 16.6. The van der Waals surface area contributed by atoms with Crippen LogP contribution in [0, 0.1) is 0 Å². The molecular weight excluding hydrogens is 679 g/mol. The summed E-state index contributed by atoms with van der Waals surface area (Å²) in [4.78, 5) is 47.9. The van der Waals surface area contributed by atoms with Crippen LogP contribution in [-0.2, 0) is 4.74 Å². The normalized spacial score (nSPS) is 20.5. The highest BCUT2D eigenvalue weighted by Crippen LogP contribution is 2.52. The van der Waals surface area contributed by atoms with Crippen molar-refractivity contribution in [2.45, 2.75) is 103 Å². The van der Waals surface area contributed by atoms with Crippen LogP contribution in [0.3, 0.4) is 0 Å². The van der Waals surface area contributed by atoms with Crippen LogP contribution in [0.4, 0.5) is 17.1 Å². The first-order chi connectivity index (χ1) is 26.1. The maximum absolute atomic E-state index is 12.9. The minimum atomic E-state index is -0.755. The average molecular weight is 729 g/mol. The van der Waals surface area contributed by atoms with Gasteiger partial charge in [-0.15, -0.1) is 9.89 Å². The number of cyclic esters (lactones) is 2. The predicted octanol–water partition coefficient (Wildman–Crippen LogP) is 9.28. The molecule has 1 fully saturated rings. The number of quaternary nitrogens is 1. The predicted molar refractivity (Wildman–Crippen MR) is 213 cm³/mol. The lowest BCUT2D eigenvalue weighted by molar-refractivity contribution is 0.0443. The molecule has 1 N–H and O–H groups in total. The number of anilines is 1. The number of hydrogen-bond acceptors (Lipinski definition) is 8. The van der Waals surface area contributed by atoms with E-state index < -0.39 is 17.8 Å². The zero-order valence-corrected chi connectivity index (χ0v) is 31.9. The van der Waals surface area contributed by atoms with Gasteiger partial charge in [-0.2, -0.15) is 5.10 Å². The first-order valence-corrected chi connectivity index (χ1v) is 19.6. The van der Waals surface area contributed by atoms with Gasteiger partial charge < -0.3 is 10.1 Å². The van der Waals surface area contributed by atoms with Crippen molar-refractivity contribution in [3.8, 4) is 11.4 Å². The molecule has 4 heterocycles. The number of unbranched alkanes of at least 4 members (excludes halogenated alkanes) is 8. The Morgan fingerprint density at radius 3 is 2.20 bits per heavy atom. The average Bonchev–Trinajstić information content (AvgIpc) is 3.39. The number of hydrogen-bond donors (Lipinski definition) is 1. The molecule has 7 rings (SSSR count). The molecule has 2 atom stereocenters. The van der Waals surface area contributed by atoms with Crippen molar-refractivity contribution in [3.63, 3.8) is 0 Å². The molecule has 280 valence electrons. The monoisotopic (exact) mass is 728 g/mol. The molecule has 2 unspecified atom stereocenters. The molecule has 11 heteroatoms. The van der Waals surface area contributed by atoms with Gasteiger partial charge in [-0.25, -0.2) is 19.6 Å². The van der Waals surface area contributed by atoms with Crippen molar-refractivity contribution in [3.05, 3.63) is 89.2 Å². The van der Waals surface area contributed by atoms with Crippen LogP contribution in [-0.4, -0.2) is 63.3 Å². The summed E-state index contributed by atoms with van der Waals surface area (Å²) in [6.07, 6.45) is 15.8. The van der Waals surface area contributed by atoms with Crippen LogP contribution in [0.2, 0.25) is 0 Å². The Morgan fingerprint density at radius 2 is 1.50 bits per heavy atom. The molecule has 0 saturated carbocycles. The second-order valence-corrected chi connectivity index (χ2v) is 15.2. The van der Waals surface area contributed by atoms with Gasteiger partial charge >= 0.3 is 11.9 Å². The summed E-state index contributed by atoms with van der Waals surface area (Å²) >= 11 is 0. The third-order valence-electron chi connectivity index (χ3n) is 11.4. The number of ether oxygens (including phenoxy) is 1. The van der Waals surface area contributed by atoms with Gasteiger partial charge in [-0.05, 0) is 74.4 Å². The van der Waals surface area contributed by atoms with E-state index >= 15 is 0 Å². The molecule has 3 aliphatic rings. The lowest BCUT2D eigenvalue weighted by Gasteiger charge is -2.23. The van der Waals surface area contributed by atoms with Crippen LogP contribution in [0.5, 0.6) is 0 Å². The van der Waals surface area contributed by atoms with Gasteiger partial charge in [-0.3, -0.25) is 9.28 Å². The number of likely N-dealkylation sites (N-methyl/N-ethyl adjacent to an activating group) is 1. The van der Waals surface area contributed by atoms with E-state index in [1.54, 1.807) is 12.1 Å². The highest BCUT2D eigenvalue weighted by Gasteiger charge is 2.66. The largest absolute Gasteiger partial charge is 0.386 e. The lowest BCUT2D eigenvalue weighted by atomic mass is 9.93. The number of nitrogens with zero attached hydrogens (tertiary/aromatic N) is 6. The second kappa shape index (κ2) is 15.6. The van der Waals surface area contributed by atoms with Gasteiger partial charge in [0.1, 0.15) is 17.9 Å². The molecule has 0 bridgehead atoms. The number of benzene rings is 3. The molecule has 54 heavy (non-hydrogen) atoms. The van der Waals surface area contributed by atoms with Crippen LogP contribution < -0.4 is 9.80 Å². The summed E-state index contributed by atoms with van der Waals surface area (Å²) in [6.45, 7) is 7.69. The number of aliphatic imine (C=N–C) groups is 1. The Labute approximate surface area is 317 Å². The van der Waals surface area contributed by atoms with Gasteiger partial charge in [0, 0.05) is 41.8 Å². The molecule has 0 radical (unpaired) electrons. The SMILES string of the molecule is CCCCCCCCC1(CCCCCC)C[N+]1(C)c1ccc(N=C2C(C)=Nn3nc(-c4ccc(NC(=O)c5ccc6c(c5)C(=O)OC6=O)cc4)nc32)cc1. The Hall–Kier alpha value is -5.29. The number of fused-ring (bicyclic) bond motifs is 2. The molecule has 1 aromatic heterocycles. The van der Waals surface area contributed by atoms with Crippen LogP contribution >= 0.6 is 0 Å². The molecule has 0 spiro atoms. The van der Waals surface area contributed by atoms with Crippen LogP contribution in [0.1, 0.15) is 135 Å². The summed E-state index contributed by atoms with van der Waals surface area (Å²) in [5.74, 6) is -0.818. The highest BCUT2D eigenvalue weighted by molar-refractivity contribution is 6.48. The lowest BCUT2D eigenvalue weighted by Crippen LogP contribution is -2.33. The van der Waals surface area contributed by atoms with E-state index in [0.29, 0.717) is 28.6 Å². The Bertz CT molecular complexity index is 2120. The van der Waals surface area contributed by atoms with Gasteiger partial charge in [0.15, 0.2) is 11.4 Å². The Kier molecular flexibility index (Phi) is 10.7. The first kappa shape index (κ1) is 37.0. The van der Waals surface area contributed by atoms with Crippen molar-refractivity contribution in [2.75, 3.05) is 18.9 Å². The molecule has 4 aromatic rings. The second-order valence-electron chi connectivity index (χ2n) is 15.2. The van der Waals surface area contributed by atoms with E-state index in [0.717, 1.165) is 21.4 Å². The van der Waals surface area contributed by atoms with E-state index in [1.165, 1.54) is 112 Å². The number of nitrogens with one attached hydrogen (secondary N) is 1. The van der Waals surface area contributed by atoms with E-state index in [1.807, 2.05) is 19.1 Å². The molecule has 3 aliphatic heterocycles. The molecule has 1 amide bonds. The fraction of sp³-hybridized carbons (Fsp3) is 0.419. The zero-order valence-electron chi connectivity index (χ0n) is 31.9. The summed E-state index contributed by atoms with van der Waals surface area (Å²) in [7, 11) is 2.42. The van der Waals surface area contributed by atoms with E-state index in [2.05, 4.69) is 65.4 Å². The standard InChI is InChI=1S/C43H49N7O4/c1-5-7-9-11-12-14-26-43(25-13-10-8-6-2)28-50(43,4)34-22-20-32(21-23-34)44-37-29(3)47-49-39(37)46-38(48-49)30-15-18-33(19-16-30)45-40(51)31-17-24-35-36(27-31)42(53)54-41(35)52/h15-24,27H,5-14,25-26,28H2,1-4H3/p+1. The minimum absolute atomic E-state index is 0.0835. The molecular formula is C43H50N7O4+. The first-order valence-electron chi connectivity index (χ1n) is 19.6. The summed E-state index contributed by atoms with van der Waals surface area (Å²) in [5.41, 5.74) is 5.76. The fourth-order valence-corrected chi connectivity index (χ4v) is 8.05. The van der Waals surface area contributed by atoms with Gasteiger partial charge in [0.2, 0.25) is 5.82 Å². The van der Waals surface area contributed by atoms with E-state index in [4.69, 9.17) is 9.98 Å². The smallest absolute Gasteiger partial charge is 0.346 e. The fourth-order valence-electron chi connectivity index (χ4n) is 8.05. The number of aromatic nitrogens is 3. The molecule has 3 aromatic carbocycles. The molecule has 0 aliphatic carbocycles. The summed E-state index contributed by atoms with van der Waals surface area (Å²) in [5, 5.41) is 12.0. The van der Waals surface area contributed by atoms with Gasteiger partial charge in [0.25, 0.3) is 5.91 Å². The number of amides is 1. The van der Waals surface area contributed by atoms with Crippen molar-refractivity contribution in [1.29, 1.82) is 0 Å². The Balaban J connectivity index is 1.01. The maximum Gasteiger partial charge on any atom is 0.346 e. The minimum Gasteiger partial charge on any atom is -0.386 e. The third kappa shape index (κ3) is 7.42. The van der Waals surface area contributed by atoms with Crippen LogP contribution in [0.15, 0.2) is 76.8 Å². The topological polar surface area (TPSA) is 128 Å². The molecule has 1 saturated heterocycles.